The van der Waals surface area contributed by atoms with Crippen LogP contribution >= 0.6 is 11.6 Å². The highest BCUT2D eigenvalue weighted by Crippen LogP contribution is 2.25. The van der Waals surface area contributed by atoms with Gasteiger partial charge in [0.1, 0.15) is 11.0 Å². The van der Waals surface area contributed by atoms with Gasteiger partial charge in [0.2, 0.25) is 0 Å². The summed E-state index contributed by atoms with van der Waals surface area (Å²) in [5.74, 6) is 0.653. The lowest BCUT2D eigenvalue weighted by Crippen LogP contribution is -2.42. The second-order valence-corrected chi connectivity index (χ2v) is 6.23. The molecule has 7 nitrogen and oxygen atoms in total. The molecule has 0 saturated carbocycles. The monoisotopic (exact) mass is 347 g/mol. The fraction of sp³-hybridized carbons (Fsp3) is 0.375. The molecule has 0 bridgehead atoms. The lowest BCUT2D eigenvalue weighted by atomic mass is 9.94. The number of hydrogen-bond donors (Lipinski definition) is 2. The molecule has 24 heavy (non-hydrogen) atoms. The first-order chi connectivity index (χ1) is 11.5. The maximum absolute atomic E-state index is 12.4. The van der Waals surface area contributed by atoms with Gasteiger partial charge in [-0.2, -0.15) is 0 Å². The van der Waals surface area contributed by atoms with Crippen LogP contribution < -0.4 is 10.9 Å². The maximum atomic E-state index is 12.4. The van der Waals surface area contributed by atoms with Crippen molar-refractivity contribution in [2.24, 2.45) is 0 Å². The fourth-order valence-corrected chi connectivity index (χ4v) is 2.98. The van der Waals surface area contributed by atoms with Gasteiger partial charge in [-0.3, -0.25) is 4.79 Å². The molecule has 0 unspecified atom stereocenters. The Morgan fingerprint density at radius 3 is 3.00 bits per heavy atom. The first-order valence-electron chi connectivity index (χ1n) is 7.76. The number of anilines is 1. The molecule has 126 valence electrons. The summed E-state index contributed by atoms with van der Waals surface area (Å²) in [5, 5.41) is 3.19. The van der Waals surface area contributed by atoms with Crippen LogP contribution in [0.5, 0.6) is 0 Å². The standard InChI is InChI=1S/C16H18ClN5O2/c1-10-19-13(7-15(23)20-10)11-3-2-6-22(9-11)16(24)21-12-4-5-14(17)18-8-12/h4-5,7-8,11H,2-3,6,9H2,1H3,(H,21,24)(H,19,20,23)/t11-/m1/s1. The summed E-state index contributed by atoms with van der Waals surface area (Å²) < 4.78 is 0. The number of hydrogen-bond acceptors (Lipinski definition) is 4. The van der Waals surface area contributed by atoms with Crippen LogP contribution in [0, 0.1) is 6.92 Å². The van der Waals surface area contributed by atoms with Crippen molar-refractivity contribution in [2.75, 3.05) is 18.4 Å². The third-order valence-electron chi connectivity index (χ3n) is 3.99. The number of nitrogens with zero attached hydrogens (tertiary/aromatic N) is 3. The normalized spacial score (nSPS) is 17.6. The Kier molecular flexibility index (Phi) is 4.80. The molecule has 0 aromatic carbocycles. The van der Waals surface area contributed by atoms with E-state index in [0.29, 0.717) is 29.8 Å². The van der Waals surface area contributed by atoms with Gasteiger partial charge in [0.15, 0.2) is 0 Å². The number of carbonyl (C=O) groups is 1. The average Bonchev–Trinajstić information content (AvgIpc) is 2.56. The number of piperidine rings is 1. The molecule has 2 N–H and O–H groups in total. The molecule has 0 aliphatic carbocycles. The Bertz CT molecular complexity index is 790. The largest absolute Gasteiger partial charge is 0.324 e. The third kappa shape index (κ3) is 3.91. The molecule has 2 aromatic rings. The fourth-order valence-electron chi connectivity index (χ4n) is 2.87. The molecule has 2 aromatic heterocycles. The SMILES string of the molecule is Cc1nc([C@@H]2CCCN(C(=O)Nc3ccc(Cl)nc3)C2)cc(=O)[nH]1. The van der Waals surface area contributed by atoms with E-state index in [9.17, 15) is 9.59 Å². The zero-order valence-corrected chi connectivity index (χ0v) is 14.0. The maximum Gasteiger partial charge on any atom is 0.321 e. The smallest absolute Gasteiger partial charge is 0.321 e. The van der Waals surface area contributed by atoms with Crippen LogP contribution in [-0.2, 0) is 0 Å². The van der Waals surface area contributed by atoms with Crippen molar-refractivity contribution in [3.8, 4) is 0 Å². The van der Waals surface area contributed by atoms with Crippen LogP contribution in [0.1, 0.15) is 30.3 Å². The molecule has 1 aliphatic rings. The number of aryl methyl sites for hydroxylation is 1. The predicted molar refractivity (Wildman–Crippen MR) is 91.4 cm³/mol. The van der Waals surface area contributed by atoms with E-state index in [0.717, 1.165) is 18.5 Å². The Labute approximate surface area is 144 Å². The van der Waals surface area contributed by atoms with Gasteiger partial charge < -0.3 is 15.2 Å². The van der Waals surface area contributed by atoms with Gasteiger partial charge in [-0.25, -0.2) is 14.8 Å². The number of likely N-dealkylation sites (tertiary alicyclic amines) is 1. The predicted octanol–water partition coefficient (Wildman–Crippen LogP) is 2.54. The van der Waals surface area contributed by atoms with Crippen LogP contribution in [0.25, 0.3) is 0 Å². The highest BCUT2D eigenvalue weighted by atomic mass is 35.5. The molecule has 1 aliphatic heterocycles. The van der Waals surface area contributed by atoms with Crippen molar-refractivity contribution in [1.29, 1.82) is 0 Å². The number of rotatable bonds is 2. The van der Waals surface area contributed by atoms with E-state index in [-0.39, 0.29) is 17.5 Å². The molecule has 0 radical (unpaired) electrons. The number of halogens is 1. The van der Waals surface area contributed by atoms with Crippen LogP contribution in [0.2, 0.25) is 5.15 Å². The molecule has 3 rings (SSSR count). The van der Waals surface area contributed by atoms with Crippen molar-refractivity contribution in [3.05, 3.63) is 51.4 Å². The molecular formula is C16H18ClN5O2. The first-order valence-corrected chi connectivity index (χ1v) is 8.14. The van der Waals surface area contributed by atoms with Crippen LogP contribution in [-0.4, -0.2) is 39.0 Å². The van der Waals surface area contributed by atoms with Crippen LogP contribution in [0.4, 0.5) is 10.5 Å². The first kappa shape index (κ1) is 16.4. The number of H-pyrrole nitrogens is 1. The van der Waals surface area contributed by atoms with E-state index in [4.69, 9.17) is 11.6 Å². The molecular weight excluding hydrogens is 330 g/mol. The second-order valence-electron chi connectivity index (χ2n) is 5.84. The second kappa shape index (κ2) is 7.00. The summed E-state index contributed by atoms with van der Waals surface area (Å²) in [6, 6.07) is 4.66. The average molecular weight is 348 g/mol. The van der Waals surface area contributed by atoms with Gasteiger partial charge in [-0.1, -0.05) is 11.6 Å². The molecule has 3 heterocycles. The highest BCUT2D eigenvalue weighted by molar-refractivity contribution is 6.29. The van der Waals surface area contributed by atoms with E-state index in [1.807, 2.05) is 0 Å². The molecule has 2 amide bonds. The third-order valence-corrected chi connectivity index (χ3v) is 4.21. The molecule has 1 fully saturated rings. The van der Waals surface area contributed by atoms with Crippen molar-refractivity contribution in [2.45, 2.75) is 25.7 Å². The van der Waals surface area contributed by atoms with Crippen molar-refractivity contribution < 1.29 is 4.79 Å². The number of urea groups is 1. The summed E-state index contributed by atoms with van der Waals surface area (Å²) in [6.07, 6.45) is 3.29. The van der Waals surface area contributed by atoms with E-state index < -0.39 is 0 Å². The van der Waals surface area contributed by atoms with E-state index >= 15 is 0 Å². The van der Waals surface area contributed by atoms with Gasteiger partial charge in [0.25, 0.3) is 5.56 Å². The number of aromatic nitrogens is 3. The summed E-state index contributed by atoms with van der Waals surface area (Å²) in [7, 11) is 0. The van der Waals surface area contributed by atoms with Gasteiger partial charge in [-0.05, 0) is 31.9 Å². The van der Waals surface area contributed by atoms with Gasteiger partial charge >= 0.3 is 6.03 Å². The Morgan fingerprint density at radius 2 is 2.29 bits per heavy atom. The molecule has 1 saturated heterocycles. The van der Waals surface area contributed by atoms with Gasteiger partial charge in [0.05, 0.1) is 17.6 Å². The lowest BCUT2D eigenvalue weighted by molar-refractivity contribution is 0.192. The zero-order valence-electron chi connectivity index (χ0n) is 13.3. The van der Waals surface area contributed by atoms with E-state index in [2.05, 4.69) is 20.3 Å². The number of nitrogens with one attached hydrogen (secondary N) is 2. The number of carbonyl (C=O) groups excluding carboxylic acids is 1. The Balaban J connectivity index is 1.69. The highest BCUT2D eigenvalue weighted by Gasteiger charge is 2.26. The Morgan fingerprint density at radius 1 is 1.46 bits per heavy atom. The van der Waals surface area contributed by atoms with Crippen molar-refractivity contribution in [3.63, 3.8) is 0 Å². The summed E-state index contributed by atoms with van der Waals surface area (Å²) in [4.78, 5) is 36.8. The van der Waals surface area contributed by atoms with Crippen LogP contribution in [0.15, 0.2) is 29.2 Å². The minimum atomic E-state index is -0.189. The van der Waals surface area contributed by atoms with E-state index in [1.54, 1.807) is 24.0 Å². The van der Waals surface area contributed by atoms with Crippen molar-refractivity contribution >= 4 is 23.3 Å². The van der Waals surface area contributed by atoms with Crippen molar-refractivity contribution in [1.82, 2.24) is 19.9 Å². The quantitative estimate of drug-likeness (QED) is 0.817. The van der Waals surface area contributed by atoms with Gasteiger partial charge in [0, 0.05) is 25.1 Å². The van der Waals surface area contributed by atoms with Crippen LogP contribution in [0.3, 0.4) is 0 Å². The number of pyridine rings is 1. The minimum absolute atomic E-state index is 0.0637. The zero-order chi connectivity index (χ0) is 17.1. The molecule has 8 heteroatoms. The van der Waals surface area contributed by atoms with Gasteiger partial charge in [-0.15, -0.1) is 0 Å². The number of aromatic amines is 1. The minimum Gasteiger partial charge on any atom is -0.324 e. The Hall–Kier alpha value is -2.41. The summed E-state index contributed by atoms with van der Waals surface area (Å²) >= 11 is 5.74. The summed E-state index contributed by atoms with van der Waals surface area (Å²) in [5.41, 5.74) is 1.17. The molecule has 0 spiro atoms. The lowest BCUT2D eigenvalue weighted by Gasteiger charge is -2.32. The number of amides is 2. The summed E-state index contributed by atoms with van der Waals surface area (Å²) in [6.45, 7) is 2.96. The topological polar surface area (TPSA) is 91.0 Å². The van der Waals surface area contributed by atoms with E-state index in [1.165, 1.54) is 12.3 Å². The molecule has 1 atom stereocenters.